The van der Waals surface area contributed by atoms with Crippen LogP contribution in [0.15, 0.2) is 12.1 Å². The predicted octanol–water partition coefficient (Wildman–Crippen LogP) is 0.423. The van der Waals surface area contributed by atoms with Crippen molar-refractivity contribution in [3.05, 3.63) is 27.7 Å². The average molecular weight is 220 g/mol. The second-order valence-corrected chi connectivity index (χ2v) is 3.98. The summed E-state index contributed by atoms with van der Waals surface area (Å²) in [6.07, 6.45) is 0. The molecule has 6 nitrogen and oxygen atoms in total. The van der Waals surface area contributed by atoms with Crippen molar-refractivity contribution in [1.29, 1.82) is 5.26 Å². The molecule has 0 aliphatic carbocycles. The van der Waals surface area contributed by atoms with Crippen molar-refractivity contribution >= 4 is 11.3 Å². The topological polar surface area (TPSA) is 90.3 Å². The zero-order chi connectivity index (χ0) is 10.5. The van der Waals surface area contributed by atoms with Crippen LogP contribution in [0, 0.1) is 11.3 Å². The summed E-state index contributed by atoms with van der Waals surface area (Å²) in [6.45, 7) is 1.27. The van der Waals surface area contributed by atoms with E-state index in [4.69, 9.17) is 5.26 Å². The van der Waals surface area contributed by atoms with Gasteiger partial charge < -0.3 is 5.32 Å². The summed E-state index contributed by atoms with van der Waals surface area (Å²) in [4.78, 5) is 1.85. The normalized spacial score (nSPS) is 10.1. The minimum Gasteiger partial charge on any atom is -0.305 e. The van der Waals surface area contributed by atoms with E-state index >= 15 is 0 Å². The van der Waals surface area contributed by atoms with Crippen LogP contribution in [0.1, 0.15) is 15.6 Å². The quantitative estimate of drug-likeness (QED) is 0.779. The van der Waals surface area contributed by atoms with Crippen LogP contribution in [0.3, 0.4) is 0 Å². The van der Waals surface area contributed by atoms with Gasteiger partial charge in [-0.3, -0.25) is 0 Å². The average Bonchev–Trinajstić information content (AvgIpc) is 2.88. The van der Waals surface area contributed by atoms with Crippen LogP contribution < -0.4 is 5.32 Å². The van der Waals surface area contributed by atoms with Gasteiger partial charge in [0.1, 0.15) is 10.9 Å². The van der Waals surface area contributed by atoms with E-state index in [0.717, 1.165) is 9.75 Å². The van der Waals surface area contributed by atoms with Crippen molar-refractivity contribution in [1.82, 2.24) is 25.9 Å². The van der Waals surface area contributed by atoms with Crippen molar-refractivity contribution < 1.29 is 0 Å². The Kier molecular flexibility index (Phi) is 3.02. The number of thiophene rings is 1. The Balaban J connectivity index is 1.81. The Morgan fingerprint density at radius 1 is 1.47 bits per heavy atom. The van der Waals surface area contributed by atoms with Gasteiger partial charge >= 0.3 is 0 Å². The third-order valence-corrected chi connectivity index (χ3v) is 2.73. The Labute approximate surface area is 89.9 Å². The molecule has 7 heteroatoms. The zero-order valence-corrected chi connectivity index (χ0v) is 8.58. The molecule has 0 saturated heterocycles. The van der Waals surface area contributed by atoms with Crippen molar-refractivity contribution in [2.45, 2.75) is 13.1 Å². The van der Waals surface area contributed by atoms with Crippen molar-refractivity contribution in [2.75, 3.05) is 0 Å². The van der Waals surface area contributed by atoms with E-state index in [2.05, 4.69) is 32.0 Å². The molecule has 0 bridgehead atoms. The molecule has 2 N–H and O–H groups in total. The zero-order valence-electron chi connectivity index (χ0n) is 7.77. The van der Waals surface area contributed by atoms with Gasteiger partial charge in [0.25, 0.3) is 0 Å². The lowest BCUT2D eigenvalue weighted by Crippen LogP contribution is -2.12. The summed E-state index contributed by atoms with van der Waals surface area (Å²) < 4.78 is 0. The largest absolute Gasteiger partial charge is 0.305 e. The van der Waals surface area contributed by atoms with Crippen molar-refractivity contribution in [3.8, 4) is 6.07 Å². The van der Waals surface area contributed by atoms with Crippen LogP contribution in [-0.4, -0.2) is 20.6 Å². The first kappa shape index (κ1) is 9.76. The number of tetrazole rings is 1. The van der Waals surface area contributed by atoms with E-state index in [-0.39, 0.29) is 0 Å². The maximum absolute atomic E-state index is 8.63. The number of nitrogens with zero attached hydrogens (tertiary/aromatic N) is 4. The van der Waals surface area contributed by atoms with Crippen LogP contribution >= 0.6 is 11.3 Å². The number of hydrogen-bond donors (Lipinski definition) is 2. The van der Waals surface area contributed by atoms with Gasteiger partial charge in [-0.25, -0.2) is 0 Å². The van der Waals surface area contributed by atoms with Gasteiger partial charge in [0.05, 0.1) is 6.54 Å². The number of hydrogen-bond acceptors (Lipinski definition) is 6. The smallest absolute Gasteiger partial charge is 0.188 e. The molecule has 0 unspecified atom stereocenters. The van der Waals surface area contributed by atoms with Gasteiger partial charge in [0.15, 0.2) is 5.82 Å². The molecular weight excluding hydrogens is 212 g/mol. The molecule has 0 atom stereocenters. The van der Waals surface area contributed by atoms with E-state index in [0.29, 0.717) is 18.9 Å². The number of H-pyrrole nitrogens is 1. The highest BCUT2D eigenvalue weighted by molar-refractivity contribution is 7.12. The molecule has 0 aliphatic heterocycles. The van der Waals surface area contributed by atoms with Crippen LogP contribution in [0.25, 0.3) is 0 Å². The van der Waals surface area contributed by atoms with Crippen molar-refractivity contribution in [3.63, 3.8) is 0 Å². The van der Waals surface area contributed by atoms with Crippen LogP contribution in [0.4, 0.5) is 0 Å². The van der Waals surface area contributed by atoms with Gasteiger partial charge in [0, 0.05) is 11.4 Å². The highest BCUT2D eigenvalue weighted by Crippen LogP contribution is 2.14. The highest BCUT2D eigenvalue weighted by atomic mass is 32.1. The first-order valence-electron chi connectivity index (χ1n) is 4.30. The Bertz CT molecular complexity index is 454. The van der Waals surface area contributed by atoms with Gasteiger partial charge in [0.2, 0.25) is 0 Å². The van der Waals surface area contributed by atoms with Crippen LogP contribution in [0.5, 0.6) is 0 Å². The van der Waals surface area contributed by atoms with Crippen LogP contribution in [0.2, 0.25) is 0 Å². The summed E-state index contributed by atoms with van der Waals surface area (Å²) in [5, 5.41) is 25.2. The number of aromatic amines is 1. The molecule has 2 rings (SSSR count). The first-order chi connectivity index (χ1) is 7.38. The van der Waals surface area contributed by atoms with E-state index in [1.54, 1.807) is 0 Å². The van der Waals surface area contributed by atoms with Crippen molar-refractivity contribution in [2.24, 2.45) is 0 Å². The Hall–Kier alpha value is -1.78. The monoisotopic (exact) mass is 220 g/mol. The lowest BCUT2D eigenvalue weighted by Gasteiger charge is -1.97. The third kappa shape index (κ3) is 2.59. The SMILES string of the molecule is N#Cc1ccc(CNCc2nn[nH]n2)s1. The molecule has 0 aliphatic rings. The number of nitrogens with one attached hydrogen (secondary N) is 2. The van der Waals surface area contributed by atoms with E-state index < -0.39 is 0 Å². The van der Waals surface area contributed by atoms with E-state index in [1.165, 1.54) is 11.3 Å². The molecule has 0 aromatic carbocycles. The number of aromatic nitrogens is 4. The van der Waals surface area contributed by atoms with E-state index in [1.807, 2.05) is 12.1 Å². The number of rotatable bonds is 4. The first-order valence-corrected chi connectivity index (χ1v) is 5.12. The second kappa shape index (κ2) is 4.63. The van der Waals surface area contributed by atoms with Crippen LogP contribution in [-0.2, 0) is 13.1 Å². The summed E-state index contributed by atoms with van der Waals surface area (Å²) in [5.41, 5.74) is 0. The Morgan fingerprint density at radius 2 is 2.40 bits per heavy atom. The molecule has 2 aromatic rings. The summed E-state index contributed by atoms with van der Waals surface area (Å²) >= 11 is 1.48. The molecule has 2 heterocycles. The fraction of sp³-hybridized carbons (Fsp3) is 0.250. The van der Waals surface area contributed by atoms with Gasteiger partial charge in [-0.1, -0.05) is 5.21 Å². The predicted molar refractivity (Wildman–Crippen MR) is 53.8 cm³/mol. The minimum atomic E-state index is 0.566. The molecule has 15 heavy (non-hydrogen) atoms. The number of nitriles is 1. The molecule has 0 radical (unpaired) electrons. The van der Waals surface area contributed by atoms with Gasteiger partial charge in [-0.2, -0.15) is 10.5 Å². The molecule has 0 amide bonds. The Morgan fingerprint density at radius 3 is 3.07 bits per heavy atom. The molecule has 2 aromatic heterocycles. The summed E-state index contributed by atoms with van der Waals surface area (Å²) in [7, 11) is 0. The lowest BCUT2D eigenvalue weighted by molar-refractivity contribution is 0.669. The summed E-state index contributed by atoms with van der Waals surface area (Å²) in [5.74, 6) is 0.632. The molecule has 76 valence electrons. The van der Waals surface area contributed by atoms with Gasteiger partial charge in [-0.05, 0) is 12.1 Å². The van der Waals surface area contributed by atoms with E-state index in [9.17, 15) is 0 Å². The van der Waals surface area contributed by atoms with Gasteiger partial charge in [-0.15, -0.1) is 21.5 Å². The standard InChI is InChI=1S/C8H8N6S/c9-3-6-1-2-7(15-6)4-10-5-8-11-13-14-12-8/h1-2,10H,4-5H2,(H,11,12,13,14). The molecule has 0 saturated carbocycles. The highest BCUT2D eigenvalue weighted by Gasteiger charge is 2.00. The molecule has 0 spiro atoms. The molecular formula is C8H8N6S. The fourth-order valence-electron chi connectivity index (χ4n) is 1.09. The molecule has 0 fully saturated rings. The summed E-state index contributed by atoms with van der Waals surface area (Å²) in [6, 6.07) is 5.85. The minimum absolute atomic E-state index is 0.566. The second-order valence-electron chi connectivity index (χ2n) is 2.81. The third-order valence-electron chi connectivity index (χ3n) is 1.74. The maximum Gasteiger partial charge on any atom is 0.188 e. The fourth-order valence-corrected chi connectivity index (χ4v) is 1.86. The lowest BCUT2D eigenvalue weighted by atomic mass is 10.4. The maximum atomic E-state index is 8.63.